The number of esters is 1. The molecular weight excluding hydrogens is 292 g/mol. The molecule has 0 saturated carbocycles. The quantitative estimate of drug-likeness (QED) is 0.466. The lowest BCUT2D eigenvalue weighted by atomic mass is 10.1. The van der Waals surface area contributed by atoms with Crippen LogP contribution in [0, 0.1) is 17.0 Å². The van der Waals surface area contributed by atoms with Crippen molar-refractivity contribution in [3.63, 3.8) is 0 Å². The van der Waals surface area contributed by atoms with Crippen LogP contribution in [0.4, 0.5) is 5.69 Å². The highest BCUT2D eigenvalue weighted by molar-refractivity contribution is 5.93. The predicted molar refractivity (Wildman–Crippen MR) is 75.5 cm³/mol. The smallest absolute Gasteiger partial charge is 0.339 e. The molecule has 8 heteroatoms. The van der Waals surface area contributed by atoms with Crippen molar-refractivity contribution in [2.45, 2.75) is 6.92 Å². The number of carbonyl (C=O) groups excluding carboxylic acids is 2. The van der Waals surface area contributed by atoms with E-state index in [9.17, 15) is 19.7 Å². The molecule has 0 spiro atoms. The van der Waals surface area contributed by atoms with Crippen molar-refractivity contribution in [2.75, 3.05) is 32.9 Å². The van der Waals surface area contributed by atoms with E-state index in [4.69, 9.17) is 9.47 Å². The third-order valence-electron chi connectivity index (χ3n) is 3.41. The summed E-state index contributed by atoms with van der Waals surface area (Å²) in [5.74, 6) is -1.05. The molecule has 0 atom stereocenters. The average molecular weight is 308 g/mol. The third kappa shape index (κ3) is 3.59. The molecule has 0 unspecified atom stereocenters. The summed E-state index contributed by atoms with van der Waals surface area (Å²) in [5.41, 5.74) is 0.147. The van der Waals surface area contributed by atoms with E-state index in [1.165, 1.54) is 25.1 Å². The maximum absolute atomic E-state index is 12.0. The van der Waals surface area contributed by atoms with Crippen LogP contribution in [0.15, 0.2) is 18.2 Å². The Balaban J connectivity index is 1.99. The lowest BCUT2D eigenvalue weighted by Gasteiger charge is -2.26. The number of nitro groups is 1. The van der Waals surface area contributed by atoms with Crippen LogP contribution in [0.3, 0.4) is 0 Å². The molecule has 1 saturated heterocycles. The standard InChI is InChI=1S/C14H16N2O6/c1-10-11(3-2-4-12(10)16(19)20)14(18)22-9-13(17)15-5-7-21-8-6-15/h2-4H,5-9H2,1H3. The zero-order valence-corrected chi connectivity index (χ0v) is 12.1. The van der Waals surface area contributed by atoms with Crippen molar-refractivity contribution in [3.8, 4) is 0 Å². The first kappa shape index (κ1) is 15.9. The van der Waals surface area contributed by atoms with Crippen LogP contribution < -0.4 is 0 Å². The SMILES string of the molecule is Cc1c(C(=O)OCC(=O)N2CCOCC2)cccc1[N+](=O)[O-]. The lowest BCUT2D eigenvalue weighted by molar-refractivity contribution is -0.385. The molecular formula is C14H16N2O6. The number of hydrogen-bond acceptors (Lipinski definition) is 6. The van der Waals surface area contributed by atoms with Crippen LogP contribution in [-0.2, 0) is 14.3 Å². The fourth-order valence-corrected chi connectivity index (χ4v) is 2.15. The summed E-state index contributed by atoms with van der Waals surface area (Å²) < 4.78 is 10.1. The molecule has 1 heterocycles. The summed E-state index contributed by atoms with van der Waals surface area (Å²) >= 11 is 0. The summed E-state index contributed by atoms with van der Waals surface area (Å²) in [6.07, 6.45) is 0. The zero-order chi connectivity index (χ0) is 16.1. The number of hydrogen-bond donors (Lipinski definition) is 0. The van der Waals surface area contributed by atoms with Gasteiger partial charge in [0.1, 0.15) is 0 Å². The summed E-state index contributed by atoms with van der Waals surface area (Å²) in [6.45, 7) is 2.94. The van der Waals surface area contributed by atoms with Crippen molar-refractivity contribution >= 4 is 17.6 Å². The van der Waals surface area contributed by atoms with E-state index in [0.29, 0.717) is 26.3 Å². The van der Waals surface area contributed by atoms with Crippen molar-refractivity contribution in [1.82, 2.24) is 4.90 Å². The van der Waals surface area contributed by atoms with Gasteiger partial charge in [-0.15, -0.1) is 0 Å². The molecule has 1 amide bonds. The van der Waals surface area contributed by atoms with Crippen molar-refractivity contribution in [2.24, 2.45) is 0 Å². The monoisotopic (exact) mass is 308 g/mol. The minimum absolute atomic E-state index is 0.0870. The second-order valence-electron chi connectivity index (χ2n) is 4.78. The maximum atomic E-state index is 12.0. The molecule has 0 N–H and O–H groups in total. The van der Waals surface area contributed by atoms with Crippen LogP contribution in [0.25, 0.3) is 0 Å². The topological polar surface area (TPSA) is 99.0 Å². The van der Waals surface area contributed by atoms with Crippen LogP contribution in [0.5, 0.6) is 0 Å². The molecule has 1 aliphatic rings. The van der Waals surface area contributed by atoms with E-state index in [2.05, 4.69) is 0 Å². The van der Waals surface area contributed by atoms with Gasteiger partial charge in [-0.3, -0.25) is 14.9 Å². The number of rotatable bonds is 4. The van der Waals surface area contributed by atoms with E-state index in [1.807, 2.05) is 0 Å². The third-order valence-corrected chi connectivity index (χ3v) is 3.41. The zero-order valence-electron chi connectivity index (χ0n) is 12.1. The van der Waals surface area contributed by atoms with Gasteiger partial charge in [-0.2, -0.15) is 0 Å². The first-order chi connectivity index (χ1) is 10.5. The number of morpholine rings is 1. The molecule has 0 radical (unpaired) electrons. The summed E-state index contributed by atoms with van der Waals surface area (Å²) in [5, 5.41) is 10.9. The highest BCUT2D eigenvalue weighted by Gasteiger charge is 2.22. The number of nitro benzene ring substituents is 1. The minimum Gasteiger partial charge on any atom is -0.452 e. The second kappa shape index (κ2) is 6.99. The number of amides is 1. The summed E-state index contributed by atoms with van der Waals surface area (Å²) in [7, 11) is 0. The first-order valence-corrected chi connectivity index (χ1v) is 6.77. The highest BCUT2D eigenvalue weighted by atomic mass is 16.6. The largest absolute Gasteiger partial charge is 0.452 e. The maximum Gasteiger partial charge on any atom is 0.339 e. The van der Waals surface area contributed by atoms with Gasteiger partial charge in [-0.05, 0) is 13.0 Å². The number of nitrogens with zero attached hydrogens (tertiary/aromatic N) is 2. The summed E-state index contributed by atoms with van der Waals surface area (Å²) in [4.78, 5) is 35.7. The molecule has 8 nitrogen and oxygen atoms in total. The van der Waals surface area contributed by atoms with Crippen molar-refractivity contribution in [1.29, 1.82) is 0 Å². The van der Waals surface area contributed by atoms with Gasteiger partial charge in [0.2, 0.25) is 0 Å². The molecule has 1 fully saturated rings. The fraction of sp³-hybridized carbons (Fsp3) is 0.429. The number of carbonyl (C=O) groups is 2. The van der Waals surface area contributed by atoms with Crippen LogP contribution >= 0.6 is 0 Å². The van der Waals surface area contributed by atoms with E-state index < -0.39 is 10.9 Å². The Morgan fingerprint density at radius 1 is 1.36 bits per heavy atom. The first-order valence-electron chi connectivity index (χ1n) is 6.77. The molecule has 1 aliphatic heterocycles. The van der Waals surface area contributed by atoms with Crippen LogP contribution in [0.2, 0.25) is 0 Å². The molecule has 0 aromatic heterocycles. The van der Waals surface area contributed by atoms with E-state index in [0.717, 1.165) is 0 Å². The summed E-state index contributed by atoms with van der Waals surface area (Å²) in [6, 6.07) is 4.15. The van der Waals surface area contributed by atoms with Gasteiger partial charge in [0.05, 0.1) is 23.7 Å². The van der Waals surface area contributed by atoms with Gasteiger partial charge < -0.3 is 14.4 Å². The molecule has 0 aliphatic carbocycles. The Kier molecular flexibility index (Phi) is 5.05. The van der Waals surface area contributed by atoms with Crippen molar-refractivity contribution < 1.29 is 24.0 Å². The molecule has 118 valence electrons. The van der Waals surface area contributed by atoms with Gasteiger partial charge in [0.25, 0.3) is 11.6 Å². The highest BCUT2D eigenvalue weighted by Crippen LogP contribution is 2.21. The van der Waals surface area contributed by atoms with Crippen LogP contribution in [0.1, 0.15) is 15.9 Å². The number of benzene rings is 1. The number of ether oxygens (including phenoxy) is 2. The normalized spacial score (nSPS) is 14.5. The lowest BCUT2D eigenvalue weighted by Crippen LogP contribution is -2.42. The Bertz CT molecular complexity index is 595. The van der Waals surface area contributed by atoms with Gasteiger partial charge in [-0.1, -0.05) is 6.07 Å². The Morgan fingerprint density at radius 3 is 2.68 bits per heavy atom. The molecule has 22 heavy (non-hydrogen) atoms. The molecule has 0 bridgehead atoms. The Labute approximate surface area is 126 Å². The van der Waals surface area contributed by atoms with Gasteiger partial charge >= 0.3 is 5.97 Å². The molecule has 2 rings (SSSR count). The van der Waals surface area contributed by atoms with Crippen molar-refractivity contribution in [3.05, 3.63) is 39.4 Å². The minimum atomic E-state index is -0.747. The molecule has 1 aromatic rings. The average Bonchev–Trinajstić information content (AvgIpc) is 2.53. The van der Waals surface area contributed by atoms with Gasteiger partial charge in [0.15, 0.2) is 6.61 Å². The van der Waals surface area contributed by atoms with Gasteiger partial charge in [-0.25, -0.2) is 4.79 Å². The van der Waals surface area contributed by atoms with E-state index >= 15 is 0 Å². The Hall–Kier alpha value is -2.48. The predicted octanol–water partition coefficient (Wildman–Crippen LogP) is 0.919. The van der Waals surface area contributed by atoms with E-state index in [1.54, 1.807) is 4.90 Å². The molecule has 1 aromatic carbocycles. The van der Waals surface area contributed by atoms with Crippen LogP contribution in [-0.4, -0.2) is 54.6 Å². The second-order valence-corrected chi connectivity index (χ2v) is 4.78. The fourth-order valence-electron chi connectivity index (χ4n) is 2.15. The van der Waals surface area contributed by atoms with E-state index in [-0.39, 0.29) is 29.3 Å². The van der Waals surface area contributed by atoms with Gasteiger partial charge in [0, 0.05) is 24.7 Å². The Morgan fingerprint density at radius 2 is 2.05 bits per heavy atom.